The third-order valence-corrected chi connectivity index (χ3v) is 2.34. The topological polar surface area (TPSA) is 62.2 Å². The van der Waals surface area contributed by atoms with Crippen LogP contribution in [0.25, 0.3) is 0 Å². The van der Waals surface area contributed by atoms with Crippen molar-refractivity contribution in [3.8, 4) is 0 Å². The molecule has 16 heavy (non-hydrogen) atoms. The molecular weight excluding hydrogens is 204 g/mol. The van der Waals surface area contributed by atoms with E-state index in [9.17, 15) is 9.90 Å². The second kappa shape index (κ2) is 6.23. The van der Waals surface area contributed by atoms with Gasteiger partial charge in [-0.15, -0.1) is 0 Å². The van der Waals surface area contributed by atoms with E-state index >= 15 is 0 Å². The highest BCUT2D eigenvalue weighted by Gasteiger charge is 2.11. The minimum absolute atomic E-state index is 0.228. The van der Waals surface area contributed by atoms with E-state index in [0.717, 1.165) is 12.0 Å². The SMILES string of the molecule is CCCC(O)CNC(=O)c1ncccc1C. The first-order chi connectivity index (χ1) is 7.65. The second-order valence-corrected chi connectivity index (χ2v) is 3.82. The summed E-state index contributed by atoms with van der Waals surface area (Å²) in [5, 5.41) is 12.2. The summed E-state index contributed by atoms with van der Waals surface area (Å²) >= 11 is 0. The number of nitrogens with zero attached hydrogens (tertiary/aromatic N) is 1. The Bertz CT molecular complexity index is 353. The van der Waals surface area contributed by atoms with E-state index in [1.807, 2.05) is 19.9 Å². The van der Waals surface area contributed by atoms with Crippen LogP contribution in [0.3, 0.4) is 0 Å². The second-order valence-electron chi connectivity index (χ2n) is 3.82. The van der Waals surface area contributed by atoms with E-state index in [4.69, 9.17) is 0 Å². The lowest BCUT2D eigenvalue weighted by atomic mass is 10.2. The van der Waals surface area contributed by atoms with Crippen molar-refractivity contribution in [1.82, 2.24) is 10.3 Å². The van der Waals surface area contributed by atoms with Crippen molar-refractivity contribution < 1.29 is 9.90 Å². The predicted octanol–water partition coefficient (Wildman–Crippen LogP) is 1.28. The van der Waals surface area contributed by atoms with E-state index in [2.05, 4.69) is 10.3 Å². The Balaban J connectivity index is 2.50. The van der Waals surface area contributed by atoms with Crippen LogP contribution in [0.15, 0.2) is 18.3 Å². The number of aliphatic hydroxyl groups is 1. The Labute approximate surface area is 95.7 Å². The monoisotopic (exact) mass is 222 g/mol. The van der Waals surface area contributed by atoms with Crippen LogP contribution in [0.4, 0.5) is 0 Å². The maximum Gasteiger partial charge on any atom is 0.270 e. The first-order valence-corrected chi connectivity index (χ1v) is 5.53. The molecular formula is C12H18N2O2. The number of nitrogens with one attached hydrogen (secondary N) is 1. The average Bonchev–Trinajstić information content (AvgIpc) is 2.27. The summed E-state index contributed by atoms with van der Waals surface area (Å²) in [6.45, 7) is 4.11. The quantitative estimate of drug-likeness (QED) is 0.789. The molecule has 0 fully saturated rings. The van der Waals surface area contributed by atoms with Gasteiger partial charge < -0.3 is 10.4 Å². The molecule has 0 saturated carbocycles. The van der Waals surface area contributed by atoms with Crippen molar-refractivity contribution in [3.63, 3.8) is 0 Å². The predicted molar refractivity (Wildman–Crippen MR) is 62.2 cm³/mol. The number of aliphatic hydroxyl groups excluding tert-OH is 1. The van der Waals surface area contributed by atoms with Crippen molar-refractivity contribution in [2.24, 2.45) is 0 Å². The standard InChI is InChI=1S/C12H18N2O2/c1-3-5-10(15)8-14-12(16)11-9(2)6-4-7-13-11/h4,6-7,10,15H,3,5,8H2,1-2H3,(H,14,16). The lowest BCUT2D eigenvalue weighted by Gasteiger charge is -2.11. The van der Waals surface area contributed by atoms with E-state index in [1.54, 1.807) is 12.3 Å². The number of aromatic nitrogens is 1. The van der Waals surface area contributed by atoms with Crippen LogP contribution in [0.5, 0.6) is 0 Å². The van der Waals surface area contributed by atoms with Gasteiger partial charge in [0.15, 0.2) is 0 Å². The van der Waals surface area contributed by atoms with Crippen molar-refractivity contribution in [2.45, 2.75) is 32.8 Å². The maximum absolute atomic E-state index is 11.7. The summed E-state index contributed by atoms with van der Waals surface area (Å²) < 4.78 is 0. The third-order valence-electron chi connectivity index (χ3n) is 2.34. The molecule has 0 aliphatic rings. The van der Waals surface area contributed by atoms with Crippen LogP contribution in [0.1, 0.15) is 35.8 Å². The molecule has 0 aliphatic heterocycles. The van der Waals surface area contributed by atoms with Crippen LogP contribution in [-0.4, -0.2) is 28.6 Å². The van der Waals surface area contributed by atoms with Gasteiger partial charge in [-0.3, -0.25) is 9.78 Å². The van der Waals surface area contributed by atoms with Crippen LogP contribution in [-0.2, 0) is 0 Å². The minimum Gasteiger partial charge on any atom is -0.391 e. The van der Waals surface area contributed by atoms with E-state index < -0.39 is 6.10 Å². The molecule has 0 bridgehead atoms. The molecule has 1 rings (SSSR count). The Morgan fingerprint density at radius 1 is 1.62 bits per heavy atom. The smallest absolute Gasteiger partial charge is 0.270 e. The summed E-state index contributed by atoms with van der Waals surface area (Å²) in [5.74, 6) is -0.228. The summed E-state index contributed by atoms with van der Waals surface area (Å²) in [7, 11) is 0. The fraction of sp³-hybridized carbons (Fsp3) is 0.500. The highest BCUT2D eigenvalue weighted by molar-refractivity contribution is 5.93. The molecule has 1 amide bonds. The highest BCUT2D eigenvalue weighted by atomic mass is 16.3. The number of amides is 1. The van der Waals surface area contributed by atoms with Gasteiger partial charge in [0, 0.05) is 12.7 Å². The number of hydrogen-bond donors (Lipinski definition) is 2. The van der Waals surface area contributed by atoms with Gasteiger partial charge in [0.1, 0.15) is 5.69 Å². The Morgan fingerprint density at radius 2 is 2.38 bits per heavy atom. The average molecular weight is 222 g/mol. The van der Waals surface area contributed by atoms with Crippen LogP contribution in [0.2, 0.25) is 0 Å². The van der Waals surface area contributed by atoms with Gasteiger partial charge in [0.05, 0.1) is 6.10 Å². The summed E-state index contributed by atoms with van der Waals surface area (Å²) in [5.41, 5.74) is 1.26. The molecule has 0 aromatic carbocycles. The fourth-order valence-electron chi connectivity index (χ4n) is 1.45. The number of aryl methyl sites for hydroxylation is 1. The van der Waals surface area contributed by atoms with E-state index in [1.165, 1.54) is 0 Å². The van der Waals surface area contributed by atoms with Crippen LogP contribution >= 0.6 is 0 Å². The highest BCUT2D eigenvalue weighted by Crippen LogP contribution is 2.03. The van der Waals surface area contributed by atoms with Crippen LogP contribution in [0, 0.1) is 6.92 Å². The fourth-order valence-corrected chi connectivity index (χ4v) is 1.45. The number of pyridine rings is 1. The zero-order valence-corrected chi connectivity index (χ0v) is 9.73. The van der Waals surface area contributed by atoms with Gasteiger partial charge in [0.2, 0.25) is 0 Å². The summed E-state index contributed by atoms with van der Waals surface area (Å²) in [4.78, 5) is 15.7. The number of hydrogen-bond acceptors (Lipinski definition) is 3. The summed E-state index contributed by atoms with van der Waals surface area (Å²) in [6.07, 6.45) is 2.71. The minimum atomic E-state index is -0.474. The van der Waals surface area contributed by atoms with Crippen molar-refractivity contribution in [3.05, 3.63) is 29.6 Å². The van der Waals surface area contributed by atoms with Gasteiger partial charge in [0.25, 0.3) is 5.91 Å². The molecule has 4 heteroatoms. The largest absolute Gasteiger partial charge is 0.391 e. The van der Waals surface area contributed by atoms with Crippen molar-refractivity contribution in [1.29, 1.82) is 0 Å². The lowest BCUT2D eigenvalue weighted by Crippen LogP contribution is -2.32. The van der Waals surface area contributed by atoms with Crippen LogP contribution < -0.4 is 5.32 Å². The van der Waals surface area contributed by atoms with E-state index in [-0.39, 0.29) is 12.5 Å². The molecule has 0 radical (unpaired) electrons. The van der Waals surface area contributed by atoms with E-state index in [0.29, 0.717) is 12.1 Å². The molecule has 0 aliphatic carbocycles. The molecule has 1 aromatic rings. The van der Waals surface area contributed by atoms with Gasteiger partial charge >= 0.3 is 0 Å². The molecule has 1 aromatic heterocycles. The Hall–Kier alpha value is -1.42. The molecule has 0 saturated heterocycles. The molecule has 4 nitrogen and oxygen atoms in total. The Morgan fingerprint density at radius 3 is 3.00 bits per heavy atom. The molecule has 1 atom stereocenters. The maximum atomic E-state index is 11.7. The number of carbonyl (C=O) groups is 1. The van der Waals surface area contributed by atoms with Crippen molar-refractivity contribution >= 4 is 5.91 Å². The molecule has 1 unspecified atom stereocenters. The molecule has 2 N–H and O–H groups in total. The molecule has 0 spiro atoms. The van der Waals surface area contributed by atoms with Gasteiger partial charge in [-0.05, 0) is 25.0 Å². The first-order valence-electron chi connectivity index (χ1n) is 5.53. The Kier molecular flexibility index (Phi) is 4.92. The van der Waals surface area contributed by atoms with Gasteiger partial charge in [-0.2, -0.15) is 0 Å². The zero-order chi connectivity index (χ0) is 12.0. The molecule has 88 valence electrons. The number of rotatable bonds is 5. The third kappa shape index (κ3) is 3.62. The van der Waals surface area contributed by atoms with Crippen molar-refractivity contribution in [2.75, 3.05) is 6.54 Å². The summed E-state index contributed by atoms with van der Waals surface area (Å²) in [6, 6.07) is 3.63. The first kappa shape index (κ1) is 12.6. The van der Waals surface area contributed by atoms with Gasteiger partial charge in [-0.25, -0.2) is 0 Å². The lowest BCUT2D eigenvalue weighted by molar-refractivity contribution is 0.0904. The number of carbonyl (C=O) groups excluding carboxylic acids is 1. The van der Waals surface area contributed by atoms with Gasteiger partial charge in [-0.1, -0.05) is 19.4 Å². The zero-order valence-electron chi connectivity index (χ0n) is 9.73. The normalized spacial score (nSPS) is 12.2. The molecule has 1 heterocycles.